The van der Waals surface area contributed by atoms with Crippen LogP contribution in [0.15, 0.2) is 35.2 Å². The number of aliphatic hydroxyl groups is 1. The molecule has 0 aliphatic heterocycles. The van der Waals surface area contributed by atoms with Gasteiger partial charge in [-0.15, -0.1) is 0 Å². The Morgan fingerprint density at radius 2 is 1.62 bits per heavy atom. The third-order valence-electron chi connectivity index (χ3n) is 4.21. The molecule has 1 amide bonds. The van der Waals surface area contributed by atoms with Gasteiger partial charge in [0.05, 0.1) is 35.6 Å². The molecule has 2 aromatic rings. The molecule has 0 heterocycles. The molecule has 8 nitrogen and oxygen atoms in total. The lowest BCUT2D eigenvalue weighted by Crippen LogP contribution is -2.52. The molecule has 32 heavy (non-hydrogen) atoms. The van der Waals surface area contributed by atoms with Crippen LogP contribution >= 0.6 is 23.2 Å². The van der Waals surface area contributed by atoms with E-state index in [0.717, 1.165) is 12.1 Å². The maximum absolute atomic E-state index is 12.8. The first-order valence-electron chi connectivity index (χ1n) is 8.49. The predicted octanol–water partition coefficient (Wildman–Crippen LogP) is 4.06. The summed E-state index contributed by atoms with van der Waals surface area (Å²) in [5.74, 6) is -1.24. The topological polar surface area (TPSA) is 114 Å². The second-order valence-corrected chi connectivity index (χ2v) is 8.85. The Morgan fingerprint density at radius 3 is 2.16 bits per heavy atom. The van der Waals surface area contributed by atoms with E-state index in [9.17, 15) is 31.5 Å². The van der Waals surface area contributed by atoms with Crippen molar-refractivity contribution in [3.63, 3.8) is 0 Å². The van der Waals surface area contributed by atoms with Crippen LogP contribution in [0.4, 0.5) is 24.5 Å². The molecule has 14 heteroatoms. The van der Waals surface area contributed by atoms with Gasteiger partial charge in [0.2, 0.25) is 5.60 Å². The van der Waals surface area contributed by atoms with Gasteiger partial charge in [-0.2, -0.15) is 13.2 Å². The van der Waals surface area contributed by atoms with Gasteiger partial charge < -0.3 is 19.9 Å². The van der Waals surface area contributed by atoms with Gasteiger partial charge in [-0.25, -0.2) is 8.42 Å². The Bertz CT molecular complexity index is 1140. The maximum atomic E-state index is 12.8. The Labute approximate surface area is 191 Å². The number of carbonyl (C=O) groups is 1. The van der Waals surface area contributed by atoms with Gasteiger partial charge in [0, 0.05) is 6.07 Å². The quantitative estimate of drug-likeness (QED) is 0.511. The van der Waals surface area contributed by atoms with Crippen LogP contribution in [0.25, 0.3) is 0 Å². The number of halogens is 5. The van der Waals surface area contributed by atoms with Gasteiger partial charge in [-0.3, -0.25) is 9.52 Å². The number of anilines is 2. The molecule has 0 unspecified atom stereocenters. The standard InChI is InChI=1S/C18H17Cl2F3N2O6S/c1-17(27,18(21,22)23)16(26)24-10-5-7-13(15(20)14(10)19)32(28,29)25-9-4-6-11(30-2)12(8-9)31-3/h4-8,25,27H,1-3H3,(H,24,26)/t17-/m1/s1. The van der Waals surface area contributed by atoms with Crippen molar-refractivity contribution in [1.29, 1.82) is 0 Å². The fourth-order valence-electron chi connectivity index (χ4n) is 2.32. The SMILES string of the molecule is COc1ccc(NS(=O)(=O)c2ccc(NC(=O)[C@@](C)(O)C(F)(F)F)c(Cl)c2Cl)cc1OC. The molecule has 0 bridgehead atoms. The highest BCUT2D eigenvalue weighted by atomic mass is 35.5. The van der Waals surface area contributed by atoms with Crippen LogP contribution in [-0.2, 0) is 14.8 Å². The van der Waals surface area contributed by atoms with E-state index >= 15 is 0 Å². The molecule has 0 saturated carbocycles. The van der Waals surface area contributed by atoms with Crippen LogP contribution in [-0.4, -0.2) is 45.4 Å². The summed E-state index contributed by atoms with van der Waals surface area (Å²) in [5, 5.41) is 10.1. The average Bonchev–Trinajstić information content (AvgIpc) is 2.69. The van der Waals surface area contributed by atoms with Crippen LogP contribution in [0.1, 0.15) is 6.92 Å². The third-order valence-corrected chi connectivity index (χ3v) is 6.63. The van der Waals surface area contributed by atoms with E-state index in [-0.39, 0.29) is 18.4 Å². The number of benzene rings is 2. The summed E-state index contributed by atoms with van der Waals surface area (Å²) in [4.78, 5) is 11.3. The van der Waals surface area contributed by atoms with E-state index in [4.69, 9.17) is 32.7 Å². The number of ether oxygens (including phenoxy) is 2. The monoisotopic (exact) mass is 516 g/mol. The fraction of sp³-hybridized carbons (Fsp3) is 0.278. The normalized spacial score (nSPS) is 13.8. The molecule has 0 spiro atoms. The summed E-state index contributed by atoms with van der Waals surface area (Å²) in [5.41, 5.74) is -4.06. The highest BCUT2D eigenvalue weighted by molar-refractivity contribution is 7.92. The lowest BCUT2D eigenvalue weighted by atomic mass is 10.1. The largest absolute Gasteiger partial charge is 0.493 e. The van der Waals surface area contributed by atoms with E-state index in [1.54, 1.807) is 5.32 Å². The van der Waals surface area contributed by atoms with Crippen LogP contribution < -0.4 is 19.5 Å². The minimum Gasteiger partial charge on any atom is -0.493 e. The highest BCUT2D eigenvalue weighted by Gasteiger charge is 2.55. The summed E-state index contributed by atoms with van der Waals surface area (Å²) < 4.78 is 76.4. The number of amides is 1. The number of nitrogens with one attached hydrogen (secondary N) is 2. The van der Waals surface area contributed by atoms with E-state index in [2.05, 4.69) is 4.72 Å². The average molecular weight is 517 g/mol. The highest BCUT2D eigenvalue weighted by Crippen LogP contribution is 2.38. The number of carbonyl (C=O) groups excluding carboxylic acids is 1. The minimum atomic E-state index is -5.26. The molecular formula is C18H17Cl2F3N2O6S. The number of rotatable bonds is 7. The molecule has 176 valence electrons. The number of hydrogen-bond donors (Lipinski definition) is 3. The summed E-state index contributed by atoms with van der Waals surface area (Å²) in [6.45, 7) is 0.254. The van der Waals surface area contributed by atoms with E-state index in [1.165, 1.54) is 32.4 Å². The smallest absolute Gasteiger partial charge is 0.426 e. The van der Waals surface area contributed by atoms with Crippen molar-refractivity contribution in [2.45, 2.75) is 23.6 Å². The molecule has 0 fully saturated rings. The Hall–Kier alpha value is -2.41. The summed E-state index contributed by atoms with van der Waals surface area (Å²) in [6, 6.07) is 6.05. The van der Waals surface area contributed by atoms with Crippen LogP contribution in [0.5, 0.6) is 11.5 Å². The maximum Gasteiger partial charge on any atom is 0.426 e. The van der Waals surface area contributed by atoms with Crippen molar-refractivity contribution in [2.24, 2.45) is 0 Å². The van der Waals surface area contributed by atoms with Crippen molar-refractivity contribution in [3.8, 4) is 11.5 Å². The molecule has 0 aromatic heterocycles. The first-order chi connectivity index (χ1) is 14.7. The fourth-order valence-corrected chi connectivity index (χ4v) is 4.19. The Morgan fingerprint density at radius 1 is 1.03 bits per heavy atom. The van der Waals surface area contributed by atoms with Gasteiger partial charge in [0.15, 0.2) is 11.5 Å². The Balaban J connectivity index is 2.36. The molecule has 0 radical (unpaired) electrons. The van der Waals surface area contributed by atoms with Crippen LogP contribution in [0, 0.1) is 0 Å². The van der Waals surface area contributed by atoms with Crippen molar-refractivity contribution in [3.05, 3.63) is 40.4 Å². The van der Waals surface area contributed by atoms with Crippen molar-refractivity contribution in [2.75, 3.05) is 24.3 Å². The zero-order chi connectivity index (χ0) is 24.5. The summed E-state index contributed by atoms with van der Waals surface area (Å²) in [6.07, 6.45) is -5.26. The lowest BCUT2D eigenvalue weighted by molar-refractivity contribution is -0.242. The van der Waals surface area contributed by atoms with Crippen LogP contribution in [0.3, 0.4) is 0 Å². The first-order valence-corrected chi connectivity index (χ1v) is 10.7. The number of hydrogen-bond acceptors (Lipinski definition) is 6. The van der Waals surface area contributed by atoms with Gasteiger partial charge in [-0.05, 0) is 31.2 Å². The third kappa shape index (κ3) is 5.14. The second kappa shape index (κ2) is 9.22. The molecular weight excluding hydrogens is 500 g/mol. The molecule has 0 saturated heterocycles. The number of sulfonamides is 1. The molecule has 2 aromatic carbocycles. The van der Waals surface area contributed by atoms with Gasteiger partial charge in [-0.1, -0.05) is 23.2 Å². The van der Waals surface area contributed by atoms with Gasteiger partial charge in [0.25, 0.3) is 15.9 Å². The van der Waals surface area contributed by atoms with Gasteiger partial charge in [0.1, 0.15) is 4.90 Å². The van der Waals surface area contributed by atoms with Crippen molar-refractivity contribution < 1.29 is 41.0 Å². The Kier molecular flexibility index (Phi) is 7.45. The lowest BCUT2D eigenvalue weighted by Gasteiger charge is -2.25. The molecule has 0 aliphatic rings. The van der Waals surface area contributed by atoms with E-state index in [1.807, 2.05) is 0 Å². The minimum absolute atomic E-state index is 0.0912. The number of methoxy groups -OCH3 is 2. The zero-order valence-electron chi connectivity index (χ0n) is 16.7. The predicted molar refractivity (Wildman–Crippen MR) is 112 cm³/mol. The summed E-state index contributed by atoms with van der Waals surface area (Å²) in [7, 11) is -1.56. The molecule has 3 N–H and O–H groups in total. The van der Waals surface area contributed by atoms with E-state index < -0.39 is 48.3 Å². The van der Waals surface area contributed by atoms with Crippen molar-refractivity contribution in [1.82, 2.24) is 0 Å². The zero-order valence-corrected chi connectivity index (χ0v) is 19.0. The second-order valence-electron chi connectivity index (χ2n) is 6.44. The van der Waals surface area contributed by atoms with Crippen molar-refractivity contribution >= 4 is 50.5 Å². The first kappa shape index (κ1) is 25.8. The molecule has 2 rings (SSSR count). The van der Waals surface area contributed by atoms with Gasteiger partial charge >= 0.3 is 6.18 Å². The van der Waals surface area contributed by atoms with Crippen LogP contribution in [0.2, 0.25) is 10.0 Å². The number of alkyl halides is 3. The summed E-state index contributed by atoms with van der Waals surface area (Å²) >= 11 is 12.0. The molecule has 1 atom stereocenters. The van der Waals surface area contributed by atoms with E-state index in [0.29, 0.717) is 5.75 Å². The molecule has 0 aliphatic carbocycles.